The fourth-order valence-electron chi connectivity index (χ4n) is 2.84. The quantitative estimate of drug-likeness (QED) is 0.485. The van der Waals surface area contributed by atoms with Crippen LogP contribution in [0.1, 0.15) is 12.5 Å². The van der Waals surface area contributed by atoms with Crippen LogP contribution in [0.15, 0.2) is 52.5 Å². The number of nitriles is 1. The number of carbonyl (C=O) groups is 1. The van der Waals surface area contributed by atoms with E-state index in [-0.39, 0.29) is 5.91 Å². The van der Waals surface area contributed by atoms with E-state index in [1.165, 1.54) is 25.8 Å². The maximum absolute atomic E-state index is 11.3. The number of carbonyl (C=O) groups excluding carboxylic acids is 1. The van der Waals surface area contributed by atoms with Gasteiger partial charge in [0.25, 0.3) is 0 Å². The Balaban J connectivity index is 1.82. The second-order valence-electron chi connectivity index (χ2n) is 6.36. The van der Waals surface area contributed by atoms with Crippen molar-refractivity contribution in [2.24, 2.45) is 0 Å². The molecule has 1 amide bonds. The molecule has 0 aliphatic rings. The van der Waals surface area contributed by atoms with E-state index in [2.05, 4.69) is 26.7 Å². The van der Waals surface area contributed by atoms with Crippen molar-refractivity contribution < 1.29 is 19.0 Å². The maximum atomic E-state index is 11.3. The number of hydrogen-bond acceptors (Lipinski definition) is 9. The minimum atomic E-state index is -0.236. The number of rotatable bonds is 8. The topological polar surface area (TPSA) is 118 Å². The number of nitrogens with zero attached hydrogens (tertiary/aromatic N) is 3. The molecule has 2 aromatic carbocycles. The predicted molar refractivity (Wildman–Crippen MR) is 121 cm³/mol. The lowest BCUT2D eigenvalue weighted by molar-refractivity contribution is -0.114. The lowest BCUT2D eigenvalue weighted by Gasteiger charge is -2.14. The molecule has 3 rings (SSSR count). The third-order valence-electron chi connectivity index (χ3n) is 4.20. The second kappa shape index (κ2) is 10.4. The molecule has 0 aliphatic heterocycles. The molecule has 0 unspecified atom stereocenters. The normalized spacial score (nSPS) is 10.1. The highest BCUT2D eigenvalue weighted by atomic mass is 32.2. The summed E-state index contributed by atoms with van der Waals surface area (Å²) in [4.78, 5) is 20.9. The summed E-state index contributed by atoms with van der Waals surface area (Å²) in [6, 6.07) is 12.6. The zero-order chi connectivity index (χ0) is 23.1. The molecule has 164 valence electrons. The van der Waals surface area contributed by atoms with Crippen molar-refractivity contribution in [2.75, 3.05) is 32.0 Å². The Morgan fingerprint density at radius 1 is 1.06 bits per heavy atom. The number of aromatic nitrogens is 2. The monoisotopic (exact) mass is 451 g/mol. The molecule has 3 aromatic rings. The summed E-state index contributed by atoms with van der Waals surface area (Å²) in [6.07, 6.45) is 1.63. The molecular formula is C22H21N5O4S. The fourth-order valence-corrected chi connectivity index (χ4v) is 3.66. The molecule has 0 saturated carbocycles. The van der Waals surface area contributed by atoms with Gasteiger partial charge in [0.2, 0.25) is 17.6 Å². The van der Waals surface area contributed by atoms with Gasteiger partial charge >= 0.3 is 0 Å². The van der Waals surface area contributed by atoms with Gasteiger partial charge in [-0.2, -0.15) is 5.26 Å². The average Bonchev–Trinajstić information content (AvgIpc) is 2.79. The van der Waals surface area contributed by atoms with Crippen molar-refractivity contribution in [2.45, 2.75) is 16.8 Å². The zero-order valence-electron chi connectivity index (χ0n) is 17.9. The summed E-state index contributed by atoms with van der Waals surface area (Å²) in [5.41, 5.74) is 1.50. The average molecular weight is 452 g/mol. The van der Waals surface area contributed by atoms with Gasteiger partial charge < -0.3 is 24.8 Å². The molecule has 32 heavy (non-hydrogen) atoms. The van der Waals surface area contributed by atoms with Gasteiger partial charge in [0.1, 0.15) is 11.1 Å². The minimum absolute atomic E-state index is 0.236. The van der Waals surface area contributed by atoms with E-state index in [4.69, 9.17) is 14.2 Å². The Morgan fingerprint density at radius 3 is 2.38 bits per heavy atom. The van der Waals surface area contributed by atoms with Gasteiger partial charge in [-0.3, -0.25) is 4.79 Å². The van der Waals surface area contributed by atoms with Crippen LogP contribution in [0.3, 0.4) is 0 Å². The maximum Gasteiger partial charge on any atom is 0.228 e. The molecular weight excluding hydrogens is 430 g/mol. The van der Waals surface area contributed by atoms with Crippen LogP contribution in [-0.2, 0) is 4.79 Å². The third kappa shape index (κ3) is 5.39. The van der Waals surface area contributed by atoms with Gasteiger partial charge in [-0.15, -0.1) is 0 Å². The lowest BCUT2D eigenvalue weighted by atomic mass is 10.2. The third-order valence-corrected chi connectivity index (χ3v) is 5.12. The van der Waals surface area contributed by atoms with Crippen LogP contribution in [0.2, 0.25) is 0 Å². The first-order valence-corrected chi connectivity index (χ1v) is 10.2. The van der Waals surface area contributed by atoms with Crippen molar-refractivity contribution in [3.05, 3.63) is 48.2 Å². The molecule has 0 fully saturated rings. The van der Waals surface area contributed by atoms with Crippen LogP contribution in [0.4, 0.5) is 17.3 Å². The molecule has 0 aliphatic carbocycles. The summed E-state index contributed by atoms with van der Waals surface area (Å²) in [5, 5.41) is 15.8. The van der Waals surface area contributed by atoms with E-state index in [0.29, 0.717) is 45.2 Å². The van der Waals surface area contributed by atoms with Crippen LogP contribution in [-0.4, -0.2) is 37.2 Å². The van der Waals surface area contributed by atoms with E-state index in [1.54, 1.807) is 50.7 Å². The van der Waals surface area contributed by atoms with Crippen molar-refractivity contribution >= 4 is 35.0 Å². The number of benzene rings is 2. The Bertz CT molecular complexity index is 1150. The first-order valence-electron chi connectivity index (χ1n) is 9.37. The smallest absolute Gasteiger partial charge is 0.228 e. The number of amides is 1. The van der Waals surface area contributed by atoms with Crippen molar-refractivity contribution in [1.82, 2.24) is 9.97 Å². The molecule has 9 nitrogen and oxygen atoms in total. The Hall–Kier alpha value is -3.97. The summed E-state index contributed by atoms with van der Waals surface area (Å²) >= 11 is 1.37. The Morgan fingerprint density at radius 2 is 1.78 bits per heavy atom. The molecule has 0 spiro atoms. The van der Waals surface area contributed by atoms with E-state index < -0.39 is 0 Å². The second-order valence-corrected chi connectivity index (χ2v) is 7.45. The summed E-state index contributed by atoms with van der Waals surface area (Å²) in [5.74, 6) is 1.63. The number of anilines is 3. The number of ether oxygens (including phenoxy) is 3. The van der Waals surface area contributed by atoms with Gasteiger partial charge in [0.05, 0.1) is 32.6 Å². The van der Waals surface area contributed by atoms with Gasteiger partial charge in [0, 0.05) is 35.8 Å². The first-order chi connectivity index (χ1) is 15.5. The molecule has 0 saturated heterocycles. The Kier molecular flexibility index (Phi) is 7.36. The van der Waals surface area contributed by atoms with Gasteiger partial charge in [-0.05, 0) is 24.3 Å². The highest BCUT2D eigenvalue weighted by Crippen LogP contribution is 2.40. The van der Waals surface area contributed by atoms with Crippen LogP contribution < -0.4 is 24.8 Å². The van der Waals surface area contributed by atoms with E-state index >= 15 is 0 Å². The Labute approximate surface area is 189 Å². The molecule has 2 N–H and O–H groups in total. The van der Waals surface area contributed by atoms with E-state index in [9.17, 15) is 10.1 Å². The highest BCUT2D eigenvalue weighted by Gasteiger charge is 2.14. The molecule has 10 heteroatoms. The van der Waals surface area contributed by atoms with Crippen LogP contribution in [0.5, 0.6) is 17.2 Å². The standard InChI is InChI=1S/C22H21N5O4S/c1-13(28)25-17-6-5-16(9-14(17)12-23)32-20-7-8-24-22(27-20)26-15-10-18(29-2)21(31-4)19(11-15)30-3/h5-11H,1-4H3,(H,25,28)(H,24,26,27). The minimum Gasteiger partial charge on any atom is -0.493 e. The van der Waals surface area contributed by atoms with Gasteiger partial charge in [-0.1, -0.05) is 11.8 Å². The molecule has 0 bridgehead atoms. The van der Waals surface area contributed by atoms with Crippen LogP contribution in [0, 0.1) is 11.3 Å². The lowest BCUT2D eigenvalue weighted by Crippen LogP contribution is -2.07. The fraction of sp³-hybridized carbons (Fsp3) is 0.182. The van der Waals surface area contributed by atoms with Crippen molar-refractivity contribution in [3.63, 3.8) is 0 Å². The van der Waals surface area contributed by atoms with Gasteiger partial charge in [-0.25, -0.2) is 9.97 Å². The molecule has 1 heterocycles. The summed E-state index contributed by atoms with van der Waals surface area (Å²) in [6.45, 7) is 1.40. The predicted octanol–water partition coefficient (Wildman–Crippen LogP) is 4.23. The van der Waals surface area contributed by atoms with Crippen molar-refractivity contribution in [3.8, 4) is 23.3 Å². The van der Waals surface area contributed by atoms with Crippen LogP contribution in [0.25, 0.3) is 0 Å². The number of nitrogens with one attached hydrogen (secondary N) is 2. The largest absolute Gasteiger partial charge is 0.493 e. The van der Waals surface area contributed by atoms with E-state index in [1.807, 2.05) is 6.07 Å². The number of methoxy groups -OCH3 is 3. The summed E-state index contributed by atoms with van der Waals surface area (Å²) in [7, 11) is 4.63. The molecule has 0 atom stereocenters. The van der Waals surface area contributed by atoms with E-state index in [0.717, 1.165) is 4.90 Å². The SMILES string of the molecule is COc1cc(Nc2nccc(Sc3ccc(NC(C)=O)c(C#N)c3)n2)cc(OC)c1OC. The molecule has 1 aromatic heterocycles. The number of hydrogen-bond donors (Lipinski definition) is 2. The summed E-state index contributed by atoms with van der Waals surface area (Å²) < 4.78 is 16.1. The van der Waals surface area contributed by atoms with Gasteiger partial charge in [0.15, 0.2) is 11.5 Å². The van der Waals surface area contributed by atoms with Crippen molar-refractivity contribution in [1.29, 1.82) is 5.26 Å². The zero-order valence-corrected chi connectivity index (χ0v) is 18.7. The highest BCUT2D eigenvalue weighted by molar-refractivity contribution is 7.99. The van der Waals surface area contributed by atoms with Crippen LogP contribution >= 0.6 is 11.8 Å². The molecule has 0 radical (unpaired) electrons. The first kappa shape index (κ1) is 22.7.